The van der Waals surface area contributed by atoms with Gasteiger partial charge in [0.25, 0.3) is 0 Å². The van der Waals surface area contributed by atoms with Crippen LogP contribution in [0.1, 0.15) is 24.8 Å². The van der Waals surface area contributed by atoms with E-state index in [9.17, 15) is 4.79 Å². The molecule has 1 fully saturated rings. The predicted molar refractivity (Wildman–Crippen MR) is 85.7 cm³/mol. The highest BCUT2D eigenvalue weighted by atomic mass is 16.2. The molecule has 0 aliphatic heterocycles. The van der Waals surface area contributed by atoms with E-state index in [-0.39, 0.29) is 17.9 Å². The van der Waals surface area contributed by atoms with Gasteiger partial charge in [-0.25, -0.2) is 0 Å². The minimum absolute atomic E-state index is 0.00968. The van der Waals surface area contributed by atoms with Crippen molar-refractivity contribution in [3.05, 3.63) is 48.0 Å². The maximum atomic E-state index is 12.5. The lowest BCUT2D eigenvalue weighted by atomic mass is 10.0. The number of amides is 1. The van der Waals surface area contributed by atoms with Gasteiger partial charge in [0.1, 0.15) is 0 Å². The van der Waals surface area contributed by atoms with Crippen LogP contribution in [0.4, 0.5) is 0 Å². The van der Waals surface area contributed by atoms with E-state index in [4.69, 9.17) is 5.73 Å². The van der Waals surface area contributed by atoms with Gasteiger partial charge in [-0.1, -0.05) is 42.8 Å². The summed E-state index contributed by atoms with van der Waals surface area (Å²) in [7, 11) is 1.88. The van der Waals surface area contributed by atoms with E-state index < -0.39 is 0 Å². The lowest BCUT2D eigenvalue weighted by molar-refractivity contribution is -0.134. The number of nitrogens with zero attached hydrogens (tertiary/aromatic N) is 1. The largest absolute Gasteiger partial charge is 0.341 e. The second kappa shape index (κ2) is 5.86. The van der Waals surface area contributed by atoms with Gasteiger partial charge >= 0.3 is 0 Å². The quantitative estimate of drug-likeness (QED) is 0.941. The molecular weight excluding hydrogens is 260 g/mol. The van der Waals surface area contributed by atoms with Gasteiger partial charge in [-0.05, 0) is 35.2 Å². The fraction of sp³-hybridized carbons (Fsp3) is 0.389. The number of hydrogen-bond donors (Lipinski definition) is 1. The Balaban J connectivity index is 1.73. The summed E-state index contributed by atoms with van der Waals surface area (Å²) in [6, 6.07) is 14.7. The summed E-state index contributed by atoms with van der Waals surface area (Å²) in [4.78, 5) is 14.3. The standard InChI is InChI=1S/C18H22N2O/c1-20(18(21)16-7-4-8-17(16)19)12-13-9-10-14-5-2-3-6-15(14)11-13/h2-3,5-6,9-11,16-17H,4,7-8,12,19H2,1H3. The van der Waals surface area contributed by atoms with Gasteiger partial charge in [0.2, 0.25) is 5.91 Å². The van der Waals surface area contributed by atoms with Gasteiger partial charge in [0.15, 0.2) is 0 Å². The predicted octanol–water partition coefficient (Wildman–Crippen LogP) is 2.93. The molecule has 0 spiro atoms. The van der Waals surface area contributed by atoms with Crippen molar-refractivity contribution in [3.8, 4) is 0 Å². The fourth-order valence-electron chi connectivity index (χ4n) is 3.27. The highest BCUT2D eigenvalue weighted by Crippen LogP contribution is 2.26. The van der Waals surface area contributed by atoms with E-state index in [1.54, 1.807) is 0 Å². The van der Waals surface area contributed by atoms with Gasteiger partial charge in [-0.3, -0.25) is 4.79 Å². The zero-order valence-corrected chi connectivity index (χ0v) is 12.5. The van der Waals surface area contributed by atoms with E-state index in [2.05, 4.69) is 30.3 Å². The van der Waals surface area contributed by atoms with Crippen molar-refractivity contribution < 1.29 is 4.79 Å². The molecule has 1 aliphatic rings. The lowest BCUT2D eigenvalue weighted by Gasteiger charge is -2.23. The van der Waals surface area contributed by atoms with Crippen LogP contribution in [0, 0.1) is 5.92 Å². The normalized spacial score (nSPS) is 21.6. The second-order valence-corrected chi connectivity index (χ2v) is 6.08. The lowest BCUT2D eigenvalue weighted by Crippen LogP contribution is -2.39. The van der Waals surface area contributed by atoms with E-state index in [0.717, 1.165) is 24.8 Å². The Morgan fingerprint density at radius 3 is 2.67 bits per heavy atom. The van der Waals surface area contributed by atoms with Crippen LogP contribution in [0.2, 0.25) is 0 Å². The van der Waals surface area contributed by atoms with Crippen molar-refractivity contribution in [1.29, 1.82) is 0 Å². The van der Waals surface area contributed by atoms with Gasteiger partial charge in [0.05, 0.1) is 5.92 Å². The van der Waals surface area contributed by atoms with Gasteiger partial charge in [0, 0.05) is 19.6 Å². The molecule has 2 atom stereocenters. The molecule has 1 amide bonds. The maximum Gasteiger partial charge on any atom is 0.227 e. The Morgan fingerprint density at radius 1 is 1.19 bits per heavy atom. The zero-order valence-electron chi connectivity index (χ0n) is 12.5. The van der Waals surface area contributed by atoms with E-state index in [0.29, 0.717) is 6.54 Å². The molecule has 2 N–H and O–H groups in total. The first-order chi connectivity index (χ1) is 10.1. The topological polar surface area (TPSA) is 46.3 Å². The highest BCUT2D eigenvalue weighted by Gasteiger charge is 2.32. The molecule has 21 heavy (non-hydrogen) atoms. The molecule has 0 heterocycles. The summed E-state index contributed by atoms with van der Waals surface area (Å²) in [5, 5.41) is 2.45. The SMILES string of the molecule is CN(Cc1ccc2ccccc2c1)C(=O)C1CCCC1N. The fourth-order valence-corrected chi connectivity index (χ4v) is 3.27. The van der Waals surface area contributed by atoms with Crippen LogP contribution in [0.3, 0.4) is 0 Å². The molecule has 110 valence electrons. The van der Waals surface area contributed by atoms with Crippen LogP contribution in [0.5, 0.6) is 0 Å². The summed E-state index contributed by atoms with van der Waals surface area (Å²) in [5.41, 5.74) is 7.20. The molecule has 0 saturated heterocycles. The monoisotopic (exact) mass is 282 g/mol. The molecule has 2 aromatic rings. The number of nitrogens with two attached hydrogens (primary N) is 1. The minimum atomic E-state index is 0.00968. The number of carbonyl (C=O) groups is 1. The average Bonchev–Trinajstić information content (AvgIpc) is 2.92. The van der Waals surface area contributed by atoms with Crippen molar-refractivity contribution in [2.75, 3.05) is 7.05 Å². The summed E-state index contributed by atoms with van der Waals surface area (Å²) >= 11 is 0. The van der Waals surface area contributed by atoms with Gasteiger partial charge < -0.3 is 10.6 Å². The van der Waals surface area contributed by atoms with Crippen molar-refractivity contribution >= 4 is 16.7 Å². The Kier molecular flexibility index (Phi) is 3.93. The first-order valence-electron chi connectivity index (χ1n) is 7.63. The number of fused-ring (bicyclic) bond motifs is 1. The summed E-state index contributed by atoms with van der Waals surface area (Å²) in [6.45, 7) is 0.646. The van der Waals surface area contributed by atoms with Crippen molar-refractivity contribution in [2.24, 2.45) is 11.7 Å². The molecular formula is C18H22N2O. The minimum Gasteiger partial charge on any atom is -0.341 e. The molecule has 3 heteroatoms. The van der Waals surface area contributed by atoms with E-state index >= 15 is 0 Å². The third-order valence-electron chi connectivity index (χ3n) is 4.50. The molecule has 0 radical (unpaired) electrons. The zero-order chi connectivity index (χ0) is 14.8. The molecule has 0 aromatic heterocycles. The van der Waals surface area contributed by atoms with Crippen LogP contribution in [-0.2, 0) is 11.3 Å². The third kappa shape index (κ3) is 2.93. The van der Waals surface area contributed by atoms with Crippen molar-refractivity contribution in [2.45, 2.75) is 31.8 Å². The number of benzene rings is 2. The molecule has 3 rings (SSSR count). The Bertz CT molecular complexity index is 652. The summed E-state index contributed by atoms with van der Waals surface area (Å²) in [5.74, 6) is 0.198. The molecule has 1 saturated carbocycles. The molecule has 2 aromatic carbocycles. The maximum absolute atomic E-state index is 12.5. The van der Waals surface area contributed by atoms with Gasteiger partial charge in [-0.15, -0.1) is 0 Å². The van der Waals surface area contributed by atoms with Crippen LogP contribution in [0.15, 0.2) is 42.5 Å². The molecule has 2 unspecified atom stereocenters. The summed E-state index contributed by atoms with van der Waals surface area (Å²) in [6.07, 6.45) is 2.98. The van der Waals surface area contributed by atoms with Crippen LogP contribution >= 0.6 is 0 Å². The van der Waals surface area contributed by atoms with Crippen LogP contribution < -0.4 is 5.73 Å². The second-order valence-electron chi connectivity index (χ2n) is 6.08. The third-order valence-corrected chi connectivity index (χ3v) is 4.50. The van der Waals surface area contributed by atoms with Crippen molar-refractivity contribution in [1.82, 2.24) is 4.90 Å². The molecule has 0 bridgehead atoms. The number of hydrogen-bond acceptors (Lipinski definition) is 2. The van der Waals surface area contributed by atoms with E-state index in [1.807, 2.05) is 24.1 Å². The van der Waals surface area contributed by atoms with Crippen molar-refractivity contribution in [3.63, 3.8) is 0 Å². The molecule has 3 nitrogen and oxygen atoms in total. The van der Waals surface area contributed by atoms with Crippen LogP contribution in [0.25, 0.3) is 10.8 Å². The smallest absolute Gasteiger partial charge is 0.227 e. The Hall–Kier alpha value is -1.87. The summed E-state index contributed by atoms with van der Waals surface area (Å²) < 4.78 is 0. The first kappa shape index (κ1) is 14.1. The van der Waals surface area contributed by atoms with Crippen LogP contribution in [-0.4, -0.2) is 23.9 Å². The Labute approximate surface area is 125 Å². The molecule has 1 aliphatic carbocycles. The number of rotatable bonds is 3. The first-order valence-corrected chi connectivity index (χ1v) is 7.63. The van der Waals surface area contributed by atoms with Gasteiger partial charge in [-0.2, -0.15) is 0 Å². The number of carbonyl (C=O) groups excluding carboxylic acids is 1. The highest BCUT2D eigenvalue weighted by molar-refractivity contribution is 5.83. The Morgan fingerprint density at radius 2 is 1.95 bits per heavy atom. The average molecular weight is 282 g/mol. The van der Waals surface area contributed by atoms with E-state index in [1.165, 1.54) is 10.8 Å².